The molecule has 3 rings (SSSR count). The molecule has 0 radical (unpaired) electrons. The predicted molar refractivity (Wildman–Crippen MR) is 113 cm³/mol. The largest absolute Gasteiger partial charge is 0.393 e. The Kier molecular flexibility index (Phi) is 7.23. The minimum atomic E-state index is -0.523. The fraction of sp³-hybridized carbons (Fsp3) is 0.250. The van der Waals surface area contributed by atoms with Crippen molar-refractivity contribution in [2.45, 2.75) is 25.4 Å². The Morgan fingerprint density at radius 2 is 1.89 bits per heavy atom. The Bertz CT molecular complexity index is 951. The predicted octanol–water partition coefficient (Wildman–Crippen LogP) is 4.90. The van der Waals surface area contributed by atoms with E-state index in [1.807, 2.05) is 0 Å². The minimum Gasteiger partial charge on any atom is -0.393 e. The van der Waals surface area contributed by atoms with Crippen LogP contribution in [-0.2, 0) is 6.42 Å². The van der Waals surface area contributed by atoms with E-state index in [4.69, 9.17) is 0 Å². The summed E-state index contributed by atoms with van der Waals surface area (Å²) in [5.41, 5.74) is 2.58. The smallest absolute Gasteiger partial charge is 0.138 e. The van der Waals surface area contributed by atoms with Crippen molar-refractivity contribution in [3.05, 3.63) is 64.3 Å². The van der Waals surface area contributed by atoms with Crippen molar-refractivity contribution < 1.29 is 13.9 Å². The topological polar surface area (TPSA) is 60.9 Å². The molecular weight excluding hydrogens is 448 g/mol. The van der Waals surface area contributed by atoms with Crippen molar-refractivity contribution in [1.29, 1.82) is 0 Å². The Balaban J connectivity index is 1.77. The molecule has 0 bridgehead atoms. The van der Waals surface area contributed by atoms with E-state index in [1.165, 1.54) is 12.1 Å². The molecule has 1 aromatic heterocycles. The molecule has 148 valence electrons. The molecule has 0 saturated carbocycles. The lowest BCUT2D eigenvalue weighted by atomic mass is 10.0. The van der Waals surface area contributed by atoms with Crippen LogP contribution in [0.2, 0.25) is 0 Å². The maximum atomic E-state index is 14.2. The SMILES string of the molecule is OC(CCNS)CCc1cc(-c2ncc(-c3ccc(Br)c(F)c3)[nH]2)ccc1F. The number of halogens is 3. The molecule has 3 N–H and O–H groups in total. The van der Waals surface area contributed by atoms with Crippen molar-refractivity contribution in [2.24, 2.45) is 0 Å². The number of nitrogens with one attached hydrogen (secondary N) is 2. The van der Waals surface area contributed by atoms with Crippen LogP contribution < -0.4 is 4.72 Å². The van der Waals surface area contributed by atoms with Gasteiger partial charge >= 0.3 is 0 Å². The maximum Gasteiger partial charge on any atom is 0.138 e. The highest BCUT2D eigenvalue weighted by Gasteiger charge is 2.12. The van der Waals surface area contributed by atoms with E-state index in [2.05, 4.69) is 43.4 Å². The normalized spacial score (nSPS) is 12.3. The number of aromatic amines is 1. The standard InChI is InChI=1S/C20H20BrF2N3OS/c21-16-5-2-13(10-18(16)23)19-11-24-20(26-19)14-3-6-17(22)12(9-14)1-4-15(27)7-8-25-28/h2-3,5-6,9-11,15,25,27-28H,1,4,7-8H2,(H,24,26). The third kappa shape index (κ3) is 5.20. The van der Waals surface area contributed by atoms with Crippen LogP contribution in [0.3, 0.4) is 0 Å². The summed E-state index contributed by atoms with van der Waals surface area (Å²) in [6, 6.07) is 9.60. The Labute approximate surface area is 176 Å². The van der Waals surface area contributed by atoms with Crippen LogP contribution in [0.4, 0.5) is 8.78 Å². The molecular formula is C20H20BrF2N3OS. The summed E-state index contributed by atoms with van der Waals surface area (Å²) in [6.45, 7) is 0.582. The van der Waals surface area contributed by atoms with Crippen molar-refractivity contribution in [2.75, 3.05) is 6.54 Å². The molecule has 3 aromatic rings. The Morgan fingerprint density at radius 3 is 2.64 bits per heavy atom. The first kappa shape index (κ1) is 21.0. The average Bonchev–Trinajstić information content (AvgIpc) is 3.18. The van der Waals surface area contributed by atoms with Crippen molar-refractivity contribution >= 4 is 28.7 Å². The summed E-state index contributed by atoms with van der Waals surface area (Å²) < 4.78 is 31.0. The molecule has 0 aliphatic rings. The number of aromatic nitrogens is 2. The Morgan fingerprint density at radius 1 is 1.11 bits per heavy atom. The van der Waals surface area contributed by atoms with Crippen LogP contribution in [-0.4, -0.2) is 27.7 Å². The van der Waals surface area contributed by atoms with Crippen LogP contribution in [0.5, 0.6) is 0 Å². The van der Waals surface area contributed by atoms with E-state index in [-0.39, 0.29) is 11.6 Å². The first-order valence-electron chi connectivity index (χ1n) is 8.82. The van der Waals surface area contributed by atoms with Gasteiger partial charge in [-0.3, -0.25) is 4.72 Å². The minimum absolute atomic E-state index is 0.315. The number of aliphatic hydroxyl groups is 1. The van der Waals surface area contributed by atoms with Gasteiger partial charge in [-0.15, -0.1) is 0 Å². The molecule has 8 heteroatoms. The van der Waals surface area contributed by atoms with Gasteiger partial charge in [0.1, 0.15) is 17.5 Å². The van der Waals surface area contributed by atoms with Crippen molar-refractivity contribution in [1.82, 2.24) is 14.7 Å². The number of aliphatic hydroxyl groups excluding tert-OH is 1. The number of imidazole rings is 1. The molecule has 1 heterocycles. The van der Waals surface area contributed by atoms with Gasteiger partial charge in [-0.05, 0) is 71.1 Å². The van der Waals surface area contributed by atoms with Crippen LogP contribution >= 0.6 is 28.7 Å². The summed E-state index contributed by atoms with van der Waals surface area (Å²) in [5.74, 6) is -0.103. The Hall–Kier alpha value is -1.74. The summed E-state index contributed by atoms with van der Waals surface area (Å²) in [4.78, 5) is 7.49. The third-order valence-electron chi connectivity index (χ3n) is 4.46. The lowest BCUT2D eigenvalue weighted by molar-refractivity contribution is 0.156. The zero-order valence-electron chi connectivity index (χ0n) is 14.9. The van der Waals surface area contributed by atoms with E-state index >= 15 is 0 Å². The van der Waals surface area contributed by atoms with Gasteiger partial charge in [-0.2, -0.15) is 0 Å². The number of hydrogen-bond acceptors (Lipinski definition) is 4. The molecule has 0 aliphatic carbocycles. The van der Waals surface area contributed by atoms with Gasteiger partial charge < -0.3 is 10.1 Å². The molecule has 0 amide bonds. The van der Waals surface area contributed by atoms with Gasteiger partial charge in [-0.1, -0.05) is 18.9 Å². The second-order valence-corrected chi connectivity index (χ2v) is 7.64. The number of hydrogen-bond donors (Lipinski definition) is 4. The monoisotopic (exact) mass is 467 g/mol. The van der Waals surface area contributed by atoms with Crippen LogP contribution in [0, 0.1) is 11.6 Å². The summed E-state index contributed by atoms with van der Waals surface area (Å²) in [6.07, 6.45) is 2.52. The molecule has 0 aliphatic heterocycles. The van der Waals surface area contributed by atoms with Gasteiger partial charge in [0, 0.05) is 17.7 Å². The van der Waals surface area contributed by atoms with E-state index in [1.54, 1.807) is 30.5 Å². The lowest BCUT2D eigenvalue weighted by Crippen LogP contribution is -2.15. The van der Waals surface area contributed by atoms with Crippen molar-refractivity contribution in [3.8, 4) is 22.6 Å². The quantitative estimate of drug-likeness (QED) is 0.356. The maximum absolute atomic E-state index is 14.2. The van der Waals surface area contributed by atoms with Gasteiger partial charge in [0.15, 0.2) is 0 Å². The highest BCUT2D eigenvalue weighted by atomic mass is 79.9. The van der Waals surface area contributed by atoms with Gasteiger partial charge in [0.05, 0.1) is 22.5 Å². The van der Waals surface area contributed by atoms with E-state index in [0.717, 1.165) is 5.56 Å². The number of rotatable bonds is 8. The third-order valence-corrected chi connectivity index (χ3v) is 5.33. The van der Waals surface area contributed by atoms with Crippen LogP contribution in [0.15, 0.2) is 47.1 Å². The molecule has 0 fully saturated rings. The first-order chi connectivity index (χ1) is 13.5. The highest BCUT2D eigenvalue weighted by Crippen LogP contribution is 2.27. The zero-order valence-corrected chi connectivity index (χ0v) is 17.4. The van der Waals surface area contributed by atoms with E-state index in [0.29, 0.717) is 52.9 Å². The van der Waals surface area contributed by atoms with E-state index < -0.39 is 6.10 Å². The average molecular weight is 468 g/mol. The molecule has 1 atom stereocenters. The number of H-pyrrole nitrogens is 1. The molecule has 28 heavy (non-hydrogen) atoms. The fourth-order valence-corrected chi connectivity index (χ4v) is 3.27. The van der Waals surface area contributed by atoms with E-state index in [9.17, 15) is 13.9 Å². The van der Waals surface area contributed by atoms with Crippen molar-refractivity contribution in [3.63, 3.8) is 0 Å². The highest BCUT2D eigenvalue weighted by molar-refractivity contribution is 9.10. The molecule has 1 unspecified atom stereocenters. The number of aryl methyl sites for hydroxylation is 1. The molecule has 2 aromatic carbocycles. The second-order valence-electron chi connectivity index (χ2n) is 6.47. The zero-order chi connectivity index (χ0) is 20.1. The van der Waals surface area contributed by atoms with Gasteiger partial charge in [-0.25, -0.2) is 13.8 Å². The first-order valence-corrected chi connectivity index (χ1v) is 10.1. The number of thiol groups is 1. The number of benzene rings is 2. The molecule has 4 nitrogen and oxygen atoms in total. The van der Waals surface area contributed by atoms with Gasteiger partial charge in [0.2, 0.25) is 0 Å². The molecule has 0 saturated heterocycles. The summed E-state index contributed by atoms with van der Waals surface area (Å²) in [7, 11) is 0. The summed E-state index contributed by atoms with van der Waals surface area (Å²) >= 11 is 7.02. The van der Waals surface area contributed by atoms with Crippen LogP contribution in [0.1, 0.15) is 18.4 Å². The lowest BCUT2D eigenvalue weighted by Gasteiger charge is -2.11. The number of nitrogens with zero attached hydrogens (tertiary/aromatic N) is 1. The summed E-state index contributed by atoms with van der Waals surface area (Å²) in [5, 5.41) is 9.94. The molecule has 0 spiro atoms. The van der Waals surface area contributed by atoms with Gasteiger partial charge in [0.25, 0.3) is 0 Å². The second kappa shape index (κ2) is 9.65. The van der Waals surface area contributed by atoms with Crippen LogP contribution in [0.25, 0.3) is 22.6 Å². The fourth-order valence-electron chi connectivity index (χ4n) is 2.89.